The minimum absolute atomic E-state index is 0.222. The lowest BCUT2D eigenvalue weighted by atomic mass is 9.84. The maximum Gasteiger partial charge on any atom is 0.338 e. The maximum absolute atomic E-state index is 13.2. The first-order valence-electron chi connectivity index (χ1n) is 12.6. The van der Waals surface area contributed by atoms with E-state index in [2.05, 4.69) is 0 Å². The molecule has 1 N–H and O–H groups in total. The predicted molar refractivity (Wildman–Crippen MR) is 137 cm³/mol. The van der Waals surface area contributed by atoms with Crippen molar-refractivity contribution in [3.05, 3.63) is 108 Å². The van der Waals surface area contributed by atoms with Crippen molar-refractivity contribution in [3.8, 4) is 0 Å². The molecule has 202 valence electrons. The first-order chi connectivity index (χ1) is 18.7. The van der Waals surface area contributed by atoms with Crippen LogP contribution in [0.5, 0.6) is 0 Å². The van der Waals surface area contributed by atoms with E-state index in [1.165, 1.54) is 0 Å². The standard InChI is InChI=1S/C30H28O9/c1-30(2)38-23-21(31)22(35-27(32)18-12-6-3-7-13-18)24(36-28(33)19-14-8-4-9-15-19)25(26(23)39-30)37-29(34)20-16-10-5-11-17-20/h3-17,21-26,31H,1-2H3/t21-,22-,23+,24+,25+,26-/m1/s1. The van der Waals surface area contributed by atoms with E-state index < -0.39 is 60.3 Å². The maximum atomic E-state index is 13.2. The number of carbonyl (C=O) groups excluding carboxylic acids is 3. The molecule has 6 atom stereocenters. The zero-order valence-corrected chi connectivity index (χ0v) is 21.3. The normalized spacial score (nSPS) is 27.2. The van der Waals surface area contributed by atoms with Crippen LogP contribution in [0.2, 0.25) is 0 Å². The van der Waals surface area contributed by atoms with Crippen LogP contribution in [0.15, 0.2) is 91.0 Å². The van der Waals surface area contributed by atoms with E-state index in [1.807, 2.05) is 0 Å². The Morgan fingerprint density at radius 3 is 1.38 bits per heavy atom. The molecule has 5 rings (SSSR count). The number of fused-ring (bicyclic) bond motifs is 1. The fraction of sp³-hybridized carbons (Fsp3) is 0.300. The average Bonchev–Trinajstić information content (AvgIpc) is 3.29. The molecule has 0 aromatic heterocycles. The van der Waals surface area contributed by atoms with Crippen LogP contribution in [0.1, 0.15) is 44.9 Å². The number of rotatable bonds is 6. The third-order valence-corrected chi connectivity index (χ3v) is 6.57. The molecule has 0 amide bonds. The van der Waals surface area contributed by atoms with Crippen molar-refractivity contribution in [2.75, 3.05) is 0 Å². The van der Waals surface area contributed by atoms with Gasteiger partial charge in [0.15, 0.2) is 24.1 Å². The number of aliphatic hydroxyl groups is 1. The molecule has 9 nitrogen and oxygen atoms in total. The van der Waals surface area contributed by atoms with Crippen LogP contribution in [0.25, 0.3) is 0 Å². The highest BCUT2D eigenvalue weighted by molar-refractivity contribution is 5.91. The zero-order chi connectivity index (χ0) is 27.6. The largest absolute Gasteiger partial charge is 0.452 e. The van der Waals surface area contributed by atoms with Gasteiger partial charge in [-0.2, -0.15) is 0 Å². The third-order valence-electron chi connectivity index (χ3n) is 6.57. The van der Waals surface area contributed by atoms with Crippen LogP contribution >= 0.6 is 0 Å². The summed E-state index contributed by atoms with van der Waals surface area (Å²) >= 11 is 0. The van der Waals surface area contributed by atoms with Crippen LogP contribution in [0, 0.1) is 0 Å². The van der Waals surface area contributed by atoms with E-state index in [0.29, 0.717) is 0 Å². The molecule has 1 aliphatic heterocycles. The Morgan fingerprint density at radius 2 is 0.949 bits per heavy atom. The number of hydrogen-bond donors (Lipinski definition) is 1. The molecule has 2 aliphatic rings. The molecule has 2 fully saturated rings. The summed E-state index contributed by atoms with van der Waals surface area (Å²) in [6, 6.07) is 24.6. The number of esters is 3. The highest BCUT2D eigenvalue weighted by Crippen LogP contribution is 2.41. The fourth-order valence-electron chi connectivity index (χ4n) is 4.79. The fourth-order valence-corrected chi connectivity index (χ4v) is 4.79. The Labute approximate surface area is 225 Å². The van der Waals surface area contributed by atoms with Gasteiger partial charge in [0, 0.05) is 0 Å². The van der Waals surface area contributed by atoms with Crippen molar-refractivity contribution in [1.29, 1.82) is 0 Å². The molecule has 1 saturated carbocycles. The monoisotopic (exact) mass is 532 g/mol. The minimum atomic E-state index is -1.47. The van der Waals surface area contributed by atoms with Gasteiger partial charge in [0.2, 0.25) is 0 Å². The first-order valence-corrected chi connectivity index (χ1v) is 12.6. The molecule has 1 saturated heterocycles. The second kappa shape index (κ2) is 11.0. The summed E-state index contributed by atoms with van der Waals surface area (Å²) in [5, 5.41) is 11.4. The second-order valence-corrected chi connectivity index (χ2v) is 9.76. The Kier molecular flexibility index (Phi) is 7.47. The molecule has 39 heavy (non-hydrogen) atoms. The minimum Gasteiger partial charge on any atom is -0.452 e. The Bertz CT molecular complexity index is 1310. The molecule has 3 aromatic carbocycles. The number of ether oxygens (including phenoxy) is 5. The third kappa shape index (κ3) is 5.70. The predicted octanol–water partition coefficient (Wildman–Crippen LogP) is 3.56. The van der Waals surface area contributed by atoms with E-state index in [9.17, 15) is 19.5 Å². The van der Waals surface area contributed by atoms with Crippen LogP contribution < -0.4 is 0 Å². The van der Waals surface area contributed by atoms with E-state index >= 15 is 0 Å². The topological polar surface area (TPSA) is 118 Å². The van der Waals surface area contributed by atoms with Crippen LogP contribution in [-0.2, 0) is 23.7 Å². The number of aliphatic hydroxyl groups excluding tert-OH is 1. The van der Waals surface area contributed by atoms with Crippen molar-refractivity contribution < 1.29 is 43.2 Å². The van der Waals surface area contributed by atoms with Crippen molar-refractivity contribution in [2.24, 2.45) is 0 Å². The van der Waals surface area contributed by atoms with Crippen molar-refractivity contribution in [3.63, 3.8) is 0 Å². The molecule has 0 spiro atoms. The average molecular weight is 533 g/mol. The van der Waals surface area contributed by atoms with Gasteiger partial charge in [-0.3, -0.25) is 0 Å². The van der Waals surface area contributed by atoms with Crippen LogP contribution in [-0.4, -0.2) is 65.4 Å². The molecule has 3 aromatic rings. The Morgan fingerprint density at radius 1 is 0.590 bits per heavy atom. The number of benzene rings is 3. The van der Waals surface area contributed by atoms with Gasteiger partial charge in [-0.15, -0.1) is 0 Å². The van der Waals surface area contributed by atoms with E-state index in [4.69, 9.17) is 23.7 Å². The molecule has 0 unspecified atom stereocenters. The lowest BCUT2D eigenvalue weighted by Gasteiger charge is -2.43. The highest BCUT2D eigenvalue weighted by Gasteiger charge is 2.62. The van der Waals surface area contributed by atoms with Crippen LogP contribution in [0.3, 0.4) is 0 Å². The molecule has 1 heterocycles. The first kappa shape index (κ1) is 26.6. The molecule has 1 aliphatic carbocycles. The summed E-state index contributed by atoms with van der Waals surface area (Å²) in [6.07, 6.45) is -7.69. The SMILES string of the molecule is CC1(C)O[C@H]2[C@@H](OC(=O)c3ccccc3)[C@@H](OC(=O)c3ccccc3)[C@H](OC(=O)c3ccccc3)[C@@H](O)[C@@H]2O1. The van der Waals surface area contributed by atoms with Crippen LogP contribution in [0.4, 0.5) is 0 Å². The molecule has 9 heteroatoms. The van der Waals surface area contributed by atoms with Gasteiger partial charge in [-0.1, -0.05) is 54.6 Å². The lowest BCUT2D eigenvalue weighted by molar-refractivity contribution is -0.194. The number of carbonyl (C=O) groups is 3. The van der Waals surface area contributed by atoms with Crippen molar-refractivity contribution >= 4 is 17.9 Å². The molecule has 0 radical (unpaired) electrons. The zero-order valence-electron chi connectivity index (χ0n) is 21.3. The summed E-state index contributed by atoms with van der Waals surface area (Å²) in [7, 11) is 0. The summed E-state index contributed by atoms with van der Waals surface area (Å²) in [5.74, 6) is -3.39. The summed E-state index contributed by atoms with van der Waals surface area (Å²) in [4.78, 5) is 39.4. The summed E-state index contributed by atoms with van der Waals surface area (Å²) in [6.45, 7) is 3.29. The molecular weight excluding hydrogens is 504 g/mol. The quantitative estimate of drug-likeness (QED) is 0.376. The van der Waals surface area contributed by atoms with Crippen molar-refractivity contribution in [1.82, 2.24) is 0 Å². The van der Waals surface area contributed by atoms with Gasteiger partial charge in [-0.25, -0.2) is 14.4 Å². The van der Waals surface area contributed by atoms with E-state index in [-0.39, 0.29) is 16.7 Å². The smallest absolute Gasteiger partial charge is 0.338 e. The number of hydrogen-bond acceptors (Lipinski definition) is 9. The Hall–Kier alpha value is -4.05. The van der Waals surface area contributed by atoms with E-state index in [0.717, 1.165) is 0 Å². The van der Waals surface area contributed by atoms with Gasteiger partial charge in [0.25, 0.3) is 0 Å². The lowest BCUT2D eigenvalue weighted by Crippen LogP contribution is -2.65. The van der Waals surface area contributed by atoms with Gasteiger partial charge >= 0.3 is 17.9 Å². The summed E-state index contributed by atoms with van der Waals surface area (Å²) in [5.41, 5.74) is 0.699. The molecule has 0 bridgehead atoms. The van der Waals surface area contributed by atoms with Gasteiger partial charge in [-0.05, 0) is 50.2 Å². The van der Waals surface area contributed by atoms with Gasteiger partial charge in [0.1, 0.15) is 18.3 Å². The summed E-state index contributed by atoms with van der Waals surface area (Å²) < 4.78 is 29.4. The highest BCUT2D eigenvalue weighted by atomic mass is 16.8. The second-order valence-electron chi connectivity index (χ2n) is 9.76. The van der Waals surface area contributed by atoms with Crippen molar-refractivity contribution in [2.45, 2.75) is 56.3 Å². The molecular formula is C30H28O9. The van der Waals surface area contributed by atoms with Gasteiger partial charge in [0.05, 0.1) is 16.7 Å². The van der Waals surface area contributed by atoms with E-state index in [1.54, 1.807) is 105 Å². The Balaban J connectivity index is 1.53. The van der Waals surface area contributed by atoms with Gasteiger partial charge < -0.3 is 28.8 Å².